The van der Waals surface area contributed by atoms with Crippen molar-refractivity contribution in [1.82, 2.24) is 16.0 Å². The number of carbonyl (C=O) groups is 2. The third-order valence-corrected chi connectivity index (χ3v) is 3.81. The van der Waals surface area contributed by atoms with Crippen LogP contribution < -0.4 is 10.9 Å². The Morgan fingerprint density at radius 2 is 1.69 bits per heavy atom. The molecule has 4 rings (SSSR count). The van der Waals surface area contributed by atoms with Crippen LogP contribution in [-0.4, -0.2) is 17.0 Å². The van der Waals surface area contributed by atoms with Gasteiger partial charge in [0.1, 0.15) is 5.52 Å². The van der Waals surface area contributed by atoms with Crippen molar-refractivity contribution >= 4 is 22.7 Å². The summed E-state index contributed by atoms with van der Waals surface area (Å²) < 4.78 is 10.4. The molecule has 2 heterocycles. The van der Waals surface area contributed by atoms with Gasteiger partial charge < -0.3 is 8.94 Å². The molecule has 4 aromatic rings. The molecule has 0 aliphatic heterocycles. The number of amides is 2. The highest BCUT2D eigenvalue weighted by Crippen LogP contribution is 2.29. The maximum atomic E-state index is 12.3. The molecule has 0 radical (unpaired) electrons. The van der Waals surface area contributed by atoms with Crippen molar-refractivity contribution in [2.24, 2.45) is 0 Å². The van der Waals surface area contributed by atoms with Crippen molar-refractivity contribution in [2.45, 2.75) is 0 Å². The van der Waals surface area contributed by atoms with Crippen LogP contribution >= 0.6 is 0 Å². The van der Waals surface area contributed by atoms with E-state index in [-0.39, 0.29) is 5.76 Å². The quantitative estimate of drug-likeness (QED) is 0.555. The summed E-state index contributed by atoms with van der Waals surface area (Å²) in [7, 11) is 0. The van der Waals surface area contributed by atoms with E-state index in [0.29, 0.717) is 22.2 Å². The topological polar surface area (TPSA) is 97.4 Å². The van der Waals surface area contributed by atoms with Crippen molar-refractivity contribution in [3.05, 3.63) is 78.3 Å². The highest BCUT2D eigenvalue weighted by atomic mass is 16.5. The molecule has 0 bridgehead atoms. The number of benzene rings is 2. The van der Waals surface area contributed by atoms with Crippen molar-refractivity contribution < 1.29 is 18.5 Å². The highest BCUT2D eigenvalue weighted by molar-refractivity contribution is 6.02. The zero-order valence-electron chi connectivity index (χ0n) is 13.4. The first-order valence-corrected chi connectivity index (χ1v) is 7.81. The number of fused-ring (bicyclic) bond motifs is 1. The van der Waals surface area contributed by atoms with Crippen LogP contribution in [0.15, 0.2) is 75.9 Å². The van der Waals surface area contributed by atoms with Gasteiger partial charge in [-0.25, -0.2) is 0 Å². The zero-order chi connectivity index (χ0) is 17.9. The highest BCUT2D eigenvalue weighted by Gasteiger charge is 2.15. The summed E-state index contributed by atoms with van der Waals surface area (Å²) >= 11 is 0. The van der Waals surface area contributed by atoms with E-state index in [1.807, 2.05) is 30.3 Å². The van der Waals surface area contributed by atoms with Gasteiger partial charge in [0.05, 0.1) is 11.6 Å². The number of furan rings is 1. The lowest BCUT2D eigenvalue weighted by molar-refractivity contribution is 0.0831. The number of hydrogen-bond acceptors (Lipinski definition) is 5. The van der Waals surface area contributed by atoms with E-state index in [9.17, 15) is 9.59 Å². The first-order valence-electron chi connectivity index (χ1n) is 7.81. The molecule has 0 atom stereocenters. The third-order valence-electron chi connectivity index (χ3n) is 3.81. The predicted octanol–water partition coefficient (Wildman–Crippen LogP) is 3.16. The van der Waals surface area contributed by atoms with E-state index in [1.54, 1.807) is 24.3 Å². The van der Waals surface area contributed by atoms with E-state index in [4.69, 9.17) is 8.94 Å². The van der Waals surface area contributed by atoms with Gasteiger partial charge in [0.2, 0.25) is 0 Å². The predicted molar refractivity (Wildman–Crippen MR) is 93.1 cm³/mol. The molecule has 2 aromatic carbocycles. The molecule has 2 aromatic heterocycles. The first-order chi connectivity index (χ1) is 12.7. The molecule has 0 fully saturated rings. The molecule has 0 saturated heterocycles. The second-order valence-corrected chi connectivity index (χ2v) is 5.50. The molecule has 0 aliphatic rings. The lowest BCUT2D eigenvalue weighted by Crippen LogP contribution is -2.41. The van der Waals surface area contributed by atoms with Crippen LogP contribution in [0, 0.1) is 0 Å². The normalized spacial score (nSPS) is 10.6. The number of carbonyl (C=O) groups excluding carboxylic acids is 2. The van der Waals surface area contributed by atoms with Crippen molar-refractivity contribution in [3.8, 4) is 11.3 Å². The van der Waals surface area contributed by atoms with E-state index in [2.05, 4.69) is 16.0 Å². The maximum Gasteiger partial charge on any atom is 0.305 e. The Hall–Kier alpha value is -3.87. The third kappa shape index (κ3) is 2.93. The fourth-order valence-electron chi connectivity index (χ4n) is 2.54. The molecule has 0 aliphatic carbocycles. The molecular weight excluding hydrogens is 334 g/mol. The smallest absolute Gasteiger partial charge is 0.305 e. The molecular formula is C19H13N3O4. The Morgan fingerprint density at radius 3 is 2.46 bits per heavy atom. The minimum atomic E-state index is -0.542. The van der Waals surface area contributed by atoms with Crippen molar-refractivity contribution in [1.29, 1.82) is 0 Å². The second-order valence-electron chi connectivity index (χ2n) is 5.50. The number of aromatic nitrogens is 1. The van der Waals surface area contributed by atoms with Gasteiger partial charge in [-0.3, -0.25) is 20.4 Å². The van der Waals surface area contributed by atoms with E-state index >= 15 is 0 Å². The van der Waals surface area contributed by atoms with Gasteiger partial charge in [0.25, 0.3) is 5.91 Å². The number of nitrogens with zero attached hydrogens (tertiary/aromatic N) is 1. The van der Waals surface area contributed by atoms with E-state index in [0.717, 1.165) is 5.56 Å². The van der Waals surface area contributed by atoms with Gasteiger partial charge >= 0.3 is 5.91 Å². The Kier molecular flexibility index (Phi) is 3.95. The summed E-state index contributed by atoms with van der Waals surface area (Å²) in [6.07, 6.45) is 1.38. The Labute approximate surface area is 147 Å². The number of hydrazine groups is 1. The Balaban J connectivity index is 1.57. The molecule has 7 nitrogen and oxygen atoms in total. The van der Waals surface area contributed by atoms with Crippen LogP contribution in [0.4, 0.5) is 0 Å². The molecule has 2 N–H and O–H groups in total. The van der Waals surface area contributed by atoms with Crippen LogP contribution in [-0.2, 0) is 0 Å². The van der Waals surface area contributed by atoms with Crippen molar-refractivity contribution in [2.75, 3.05) is 0 Å². The Bertz CT molecular complexity index is 1070. The van der Waals surface area contributed by atoms with Crippen LogP contribution in [0.2, 0.25) is 0 Å². The van der Waals surface area contributed by atoms with Gasteiger partial charge in [-0.1, -0.05) is 35.5 Å². The number of hydrogen-bond donors (Lipinski definition) is 2. The number of rotatable bonds is 3. The summed E-state index contributed by atoms with van der Waals surface area (Å²) in [4.78, 5) is 24.1. The second kappa shape index (κ2) is 6.56. The average Bonchev–Trinajstić information content (AvgIpc) is 3.36. The van der Waals surface area contributed by atoms with Gasteiger partial charge in [-0.15, -0.1) is 0 Å². The summed E-state index contributed by atoms with van der Waals surface area (Å²) in [5.74, 6) is -0.326. The number of nitrogens with one attached hydrogen (secondary N) is 2. The average molecular weight is 347 g/mol. The zero-order valence-corrected chi connectivity index (χ0v) is 13.4. The largest absolute Gasteiger partial charge is 0.459 e. The van der Waals surface area contributed by atoms with E-state index in [1.165, 1.54) is 12.3 Å². The minimum Gasteiger partial charge on any atom is -0.459 e. The summed E-state index contributed by atoms with van der Waals surface area (Å²) in [6, 6.07) is 17.5. The first kappa shape index (κ1) is 15.6. The molecule has 7 heteroatoms. The molecule has 2 amide bonds. The Morgan fingerprint density at radius 1 is 0.885 bits per heavy atom. The molecule has 128 valence electrons. The molecule has 26 heavy (non-hydrogen) atoms. The fraction of sp³-hybridized carbons (Fsp3) is 0. The maximum absolute atomic E-state index is 12.3. The summed E-state index contributed by atoms with van der Waals surface area (Å²) in [5.41, 5.74) is 6.51. The summed E-state index contributed by atoms with van der Waals surface area (Å²) in [5, 5.41) is 4.72. The van der Waals surface area contributed by atoms with Crippen LogP contribution in [0.3, 0.4) is 0 Å². The molecule has 0 saturated carbocycles. The standard InChI is InChI=1S/C19H13N3O4/c23-18(20-21-19(24)16-7-4-10-25-16)13-8-9-15-14(11-13)17(26-22-15)12-5-2-1-3-6-12/h1-11H,(H,20,23)(H,21,24). The molecule has 0 unspecified atom stereocenters. The lowest BCUT2D eigenvalue weighted by atomic mass is 10.1. The molecule has 0 spiro atoms. The van der Waals surface area contributed by atoms with Gasteiger partial charge in [0.15, 0.2) is 11.5 Å². The summed E-state index contributed by atoms with van der Waals surface area (Å²) in [6.45, 7) is 0. The SMILES string of the molecule is O=C(NNC(=O)c1ccco1)c1ccc2noc(-c3ccccc3)c2c1. The monoisotopic (exact) mass is 347 g/mol. The van der Waals surface area contributed by atoms with Gasteiger partial charge in [0, 0.05) is 11.1 Å². The van der Waals surface area contributed by atoms with Crippen LogP contribution in [0.25, 0.3) is 22.2 Å². The van der Waals surface area contributed by atoms with Gasteiger partial charge in [-0.05, 0) is 30.3 Å². The van der Waals surface area contributed by atoms with Crippen molar-refractivity contribution in [3.63, 3.8) is 0 Å². The van der Waals surface area contributed by atoms with Gasteiger partial charge in [-0.2, -0.15) is 0 Å². The minimum absolute atomic E-state index is 0.103. The van der Waals surface area contributed by atoms with Crippen LogP contribution in [0.1, 0.15) is 20.9 Å². The fourth-order valence-corrected chi connectivity index (χ4v) is 2.54. The van der Waals surface area contributed by atoms with Crippen LogP contribution in [0.5, 0.6) is 0 Å². The lowest BCUT2D eigenvalue weighted by Gasteiger charge is -2.06. The van der Waals surface area contributed by atoms with E-state index < -0.39 is 11.8 Å².